The molecule has 12 heavy (non-hydrogen) atoms. The number of rotatable bonds is 1. The van der Waals surface area contributed by atoms with Gasteiger partial charge in [-0.2, -0.15) is 0 Å². The third-order valence-corrected chi connectivity index (χ3v) is 2.33. The first-order chi connectivity index (χ1) is 5.86. The maximum absolute atomic E-state index is 12.8. The van der Waals surface area contributed by atoms with Crippen LogP contribution in [0.3, 0.4) is 0 Å². The quantitative estimate of drug-likeness (QED) is 0.556. The Morgan fingerprint density at radius 1 is 1.17 bits per heavy atom. The molecule has 0 heterocycles. The highest BCUT2D eigenvalue weighted by molar-refractivity contribution is 5.24. The van der Waals surface area contributed by atoms with Crippen LogP contribution < -0.4 is 0 Å². The van der Waals surface area contributed by atoms with Crippen LogP contribution in [0, 0.1) is 5.82 Å². The third kappa shape index (κ3) is 1.40. The molecule has 0 amide bonds. The minimum absolute atomic E-state index is 0.126. The number of allylic oxidation sites excluding steroid dienone is 2. The van der Waals surface area contributed by atoms with Crippen LogP contribution in [0.15, 0.2) is 36.4 Å². The molecule has 1 heteroatoms. The van der Waals surface area contributed by atoms with Crippen molar-refractivity contribution in [3.05, 3.63) is 47.8 Å². The maximum atomic E-state index is 12.8. The van der Waals surface area contributed by atoms with Gasteiger partial charge in [0.1, 0.15) is 5.82 Å². The van der Waals surface area contributed by atoms with Gasteiger partial charge in [-0.05, 0) is 36.5 Å². The van der Waals surface area contributed by atoms with Gasteiger partial charge in [0.25, 0.3) is 0 Å². The van der Waals surface area contributed by atoms with E-state index in [-0.39, 0.29) is 5.82 Å². The lowest BCUT2D eigenvalue weighted by Gasteiger charge is -2.08. The van der Waals surface area contributed by atoms with Crippen LogP contribution >= 0.6 is 0 Å². The average Bonchev–Trinajstić information content (AvgIpc) is 2.56. The normalized spacial score (nSPS) is 17.1. The van der Waals surface area contributed by atoms with E-state index in [1.54, 1.807) is 12.1 Å². The van der Waals surface area contributed by atoms with Crippen LogP contribution in [-0.2, 0) is 0 Å². The molecule has 1 aliphatic carbocycles. The molecule has 1 aliphatic rings. The second-order valence-corrected chi connectivity index (χ2v) is 3.19. The molecule has 0 spiro atoms. The van der Waals surface area contributed by atoms with Crippen molar-refractivity contribution in [2.75, 3.05) is 0 Å². The number of halogens is 1. The van der Waals surface area contributed by atoms with Gasteiger partial charge in [-0.3, -0.25) is 0 Å². The molecule has 0 saturated heterocycles. The minimum Gasteiger partial charge on any atom is -0.207 e. The van der Waals surface area contributed by atoms with Crippen LogP contribution in [0.5, 0.6) is 0 Å². The molecule has 0 nitrogen and oxygen atoms in total. The summed E-state index contributed by atoms with van der Waals surface area (Å²) in [6, 6.07) is 6.91. The predicted octanol–water partition coefficient (Wildman–Crippen LogP) is 3.26. The lowest BCUT2D eigenvalue weighted by molar-refractivity contribution is 0.620. The van der Waals surface area contributed by atoms with Crippen molar-refractivity contribution in [3.63, 3.8) is 0 Å². The Morgan fingerprint density at radius 3 is 2.58 bits per heavy atom. The Balaban J connectivity index is 2.22. The summed E-state index contributed by atoms with van der Waals surface area (Å²) in [5.74, 6) is 0.389. The van der Waals surface area contributed by atoms with Gasteiger partial charge < -0.3 is 0 Å². The fraction of sp³-hybridized carbons (Fsp3) is 0.273. The molecule has 0 saturated carbocycles. The van der Waals surface area contributed by atoms with Crippen molar-refractivity contribution < 1.29 is 4.39 Å². The third-order valence-electron chi connectivity index (χ3n) is 2.33. The van der Waals surface area contributed by atoms with E-state index < -0.39 is 0 Å². The molecule has 0 unspecified atom stereocenters. The van der Waals surface area contributed by atoms with Gasteiger partial charge in [-0.25, -0.2) is 4.39 Å². The summed E-state index contributed by atoms with van der Waals surface area (Å²) in [6.07, 6.45) is 6.44. The Labute approximate surface area is 71.7 Å². The first kappa shape index (κ1) is 7.53. The molecule has 0 N–H and O–H groups in total. The van der Waals surface area contributed by atoms with E-state index in [4.69, 9.17) is 0 Å². The Bertz CT molecular complexity index is 294. The van der Waals surface area contributed by atoms with Gasteiger partial charge in [-0.15, -0.1) is 0 Å². The van der Waals surface area contributed by atoms with E-state index in [1.165, 1.54) is 6.07 Å². The van der Waals surface area contributed by atoms with Gasteiger partial charge in [0.2, 0.25) is 0 Å². The zero-order chi connectivity index (χ0) is 8.39. The SMILES string of the molecule is Fc1cccc(C2CC=CC2)c1. The van der Waals surface area contributed by atoms with Crippen LogP contribution in [-0.4, -0.2) is 0 Å². The van der Waals surface area contributed by atoms with Gasteiger partial charge >= 0.3 is 0 Å². The summed E-state index contributed by atoms with van der Waals surface area (Å²) in [5.41, 5.74) is 1.13. The van der Waals surface area contributed by atoms with E-state index >= 15 is 0 Å². The number of hydrogen-bond acceptors (Lipinski definition) is 0. The molecular formula is C11H11F. The highest BCUT2D eigenvalue weighted by atomic mass is 19.1. The Morgan fingerprint density at radius 2 is 1.92 bits per heavy atom. The summed E-state index contributed by atoms with van der Waals surface area (Å²) < 4.78 is 12.8. The molecular weight excluding hydrogens is 151 g/mol. The van der Waals surface area contributed by atoms with E-state index in [0.29, 0.717) is 5.92 Å². The minimum atomic E-state index is -0.126. The monoisotopic (exact) mass is 162 g/mol. The van der Waals surface area contributed by atoms with Crippen molar-refractivity contribution in [3.8, 4) is 0 Å². The lowest BCUT2D eigenvalue weighted by Crippen LogP contribution is -1.92. The van der Waals surface area contributed by atoms with E-state index in [9.17, 15) is 4.39 Å². The molecule has 62 valence electrons. The average molecular weight is 162 g/mol. The molecule has 1 aromatic rings. The second kappa shape index (κ2) is 3.10. The Hall–Kier alpha value is -1.11. The zero-order valence-corrected chi connectivity index (χ0v) is 6.83. The second-order valence-electron chi connectivity index (χ2n) is 3.19. The lowest BCUT2D eigenvalue weighted by atomic mass is 9.97. The van der Waals surface area contributed by atoms with Gasteiger partial charge in [0.05, 0.1) is 0 Å². The summed E-state index contributed by atoms with van der Waals surface area (Å²) >= 11 is 0. The molecule has 1 aromatic carbocycles. The molecule has 2 rings (SSSR count). The summed E-state index contributed by atoms with van der Waals surface area (Å²) in [7, 11) is 0. The van der Waals surface area contributed by atoms with Crippen molar-refractivity contribution >= 4 is 0 Å². The maximum Gasteiger partial charge on any atom is 0.123 e. The highest BCUT2D eigenvalue weighted by Gasteiger charge is 2.12. The first-order valence-corrected chi connectivity index (χ1v) is 4.27. The van der Waals surface area contributed by atoms with E-state index in [1.807, 2.05) is 6.07 Å². The number of benzene rings is 1. The molecule has 0 aliphatic heterocycles. The molecule has 0 radical (unpaired) electrons. The van der Waals surface area contributed by atoms with Crippen molar-refractivity contribution in [1.29, 1.82) is 0 Å². The van der Waals surface area contributed by atoms with E-state index in [2.05, 4.69) is 12.2 Å². The number of hydrogen-bond donors (Lipinski definition) is 0. The van der Waals surface area contributed by atoms with Crippen LogP contribution in [0.2, 0.25) is 0 Å². The van der Waals surface area contributed by atoms with Gasteiger partial charge in [0.15, 0.2) is 0 Å². The zero-order valence-electron chi connectivity index (χ0n) is 6.83. The molecule has 0 bridgehead atoms. The van der Waals surface area contributed by atoms with Crippen LogP contribution in [0.25, 0.3) is 0 Å². The fourth-order valence-corrected chi connectivity index (χ4v) is 1.65. The molecule has 0 aromatic heterocycles. The predicted molar refractivity (Wildman–Crippen MR) is 47.5 cm³/mol. The summed E-state index contributed by atoms with van der Waals surface area (Å²) in [4.78, 5) is 0. The van der Waals surface area contributed by atoms with Crippen molar-refractivity contribution in [2.24, 2.45) is 0 Å². The van der Waals surface area contributed by atoms with Crippen molar-refractivity contribution in [1.82, 2.24) is 0 Å². The van der Waals surface area contributed by atoms with Crippen molar-refractivity contribution in [2.45, 2.75) is 18.8 Å². The summed E-state index contributed by atoms with van der Waals surface area (Å²) in [5, 5.41) is 0. The molecule has 0 fully saturated rings. The topological polar surface area (TPSA) is 0 Å². The fourth-order valence-electron chi connectivity index (χ4n) is 1.65. The van der Waals surface area contributed by atoms with Gasteiger partial charge in [0, 0.05) is 0 Å². The van der Waals surface area contributed by atoms with Crippen LogP contribution in [0.4, 0.5) is 4.39 Å². The van der Waals surface area contributed by atoms with Gasteiger partial charge in [-0.1, -0.05) is 24.3 Å². The first-order valence-electron chi connectivity index (χ1n) is 4.27. The van der Waals surface area contributed by atoms with E-state index in [0.717, 1.165) is 18.4 Å². The standard InChI is InChI=1S/C11H11F/c12-11-7-3-6-10(8-11)9-4-1-2-5-9/h1-3,6-9H,4-5H2. The smallest absolute Gasteiger partial charge is 0.123 e. The molecule has 0 atom stereocenters. The summed E-state index contributed by atoms with van der Waals surface area (Å²) in [6.45, 7) is 0. The van der Waals surface area contributed by atoms with Crippen LogP contribution in [0.1, 0.15) is 24.3 Å². The Kier molecular flexibility index (Phi) is 1.94. The largest absolute Gasteiger partial charge is 0.207 e. The highest BCUT2D eigenvalue weighted by Crippen LogP contribution is 2.29.